The summed E-state index contributed by atoms with van der Waals surface area (Å²) in [6.07, 6.45) is -4.51. The van der Waals surface area contributed by atoms with Crippen LogP contribution in [-0.4, -0.2) is 32.1 Å². The fourth-order valence-corrected chi connectivity index (χ4v) is 1.41. The molecule has 0 spiro atoms. The van der Waals surface area contributed by atoms with E-state index in [1.807, 2.05) is 19.0 Å². The number of hydrogen-bond donors (Lipinski definition) is 1. The van der Waals surface area contributed by atoms with Crippen molar-refractivity contribution in [1.82, 2.24) is 4.90 Å². The number of hydrogen-bond acceptors (Lipinski definition) is 3. The van der Waals surface area contributed by atoms with E-state index >= 15 is 0 Å². The van der Waals surface area contributed by atoms with Crippen LogP contribution in [0, 0.1) is 11.3 Å². The molecule has 0 amide bonds. The van der Waals surface area contributed by atoms with Crippen molar-refractivity contribution in [3.63, 3.8) is 0 Å². The maximum atomic E-state index is 12.7. The van der Waals surface area contributed by atoms with Gasteiger partial charge in [0.25, 0.3) is 0 Å². The first kappa shape index (κ1) is 14.3. The molecule has 0 unspecified atom stereocenters. The van der Waals surface area contributed by atoms with Crippen LogP contribution in [0.2, 0.25) is 0 Å². The lowest BCUT2D eigenvalue weighted by Gasteiger charge is -2.14. The Morgan fingerprint density at radius 1 is 1.33 bits per heavy atom. The average Bonchev–Trinajstić information content (AvgIpc) is 2.27. The number of halogens is 3. The summed E-state index contributed by atoms with van der Waals surface area (Å²) in [6.45, 7) is 1.25. The smallest absolute Gasteiger partial charge is 0.384 e. The van der Waals surface area contributed by atoms with Gasteiger partial charge in [0.1, 0.15) is 0 Å². The van der Waals surface area contributed by atoms with Gasteiger partial charge in [-0.05, 0) is 32.3 Å². The Morgan fingerprint density at radius 3 is 2.50 bits per heavy atom. The van der Waals surface area contributed by atoms with Crippen LogP contribution in [0.15, 0.2) is 18.2 Å². The quantitative estimate of drug-likeness (QED) is 0.901. The average molecular weight is 257 g/mol. The summed E-state index contributed by atoms with van der Waals surface area (Å²) in [6, 6.07) is 5.17. The molecule has 0 saturated heterocycles. The van der Waals surface area contributed by atoms with Gasteiger partial charge in [-0.25, -0.2) is 0 Å². The van der Waals surface area contributed by atoms with Crippen LogP contribution in [0.25, 0.3) is 0 Å². The highest BCUT2D eigenvalue weighted by Crippen LogP contribution is 2.33. The number of alkyl halides is 3. The molecule has 0 aliphatic heterocycles. The van der Waals surface area contributed by atoms with Gasteiger partial charge in [-0.2, -0.15) is 18.4 Å². The zero-order valence-corrected chi connectivity index (χ0v) is 10.2. The van der Waals surface area contributed by atoms with Crippen molar-refractivity contribution < 1.29 is 13.2 Å². The Bertz CT molecular complexity index is 447. The molecule has 1 N–H and O–H groups in total. The normalized spacial score (nSPS) is 11.4. The van der Waals surface area contributed by atoms with Crippen molar-refractivity contribution >= 4 is 5.69 Å². The zero-order valence-electron chi connectivity index (χ0n) is 10.2. The standard InChI is InChI=1S/C12H14F3N3/c1-18(2)6-5-17-10-4-3-9(8-16)11(7-10)12(13,14)15/h3-4,7,17H,5-6H2,1-2H3. The van der Waals surface area contributed by atoms with Crippen LogP contribution in [0.1, 0.15) is 11.1 Å². The first-order valence-electron chi connectivity index (χ1n) is 5.34. The lowest BCUT2D eigenvalue weighted by atomic mass is 10.1. The first-order valence-corrected chi connectivity index (χ1v) is 5.34. The molecular weight excluding hydrogens is 243 g/mol. The number of anilines is 1. The Morgan fingerprint density at radius 2 is 2.00 bits per heavy atom. The third-order valence-electron chi connectivity index (χ3n) is 2.33. The van der Waals surface area contributed by atoms with E-state index in [-0.39, 0.29) is 5.56 Å². The molecule has 1 aromatic carbocycles. The Labute approximate surface area is 104 Å². The van der Waals surface area contributed by atoms with E-state index in [4.69, 9.17) is 5.26 Å². The summed E-state index contributed by atoms with van der Waals surface area (Å²) in [4.78, 5) is 1.92. The molecule has 6 heteroatoms. The number of nitrogens with zero attached hydrogens (tertiary/aromatic N) is 2. The molecule has 0 fully saturated rings. The number of likely N-dealkylation sites (N-methyl/N-ethyl adjacent to an activating group) is 1. The van der Waals surface area contributed by atoms with E-state index in [9.17, 15) is 13.2 Å². The highest BCUT2D eigenvalue weighted by Gasteiger charge is 2.33. The highest BCUT2D eigenvalue weighted by atomic mass is 19.4. The van der Waals surface area contributed by atoms with E-state index in [2.05, 4.69) is 5.32 Å². The maximum Gasteiger partial charge on any atom is 0.417 e. The monoisotopic (exact) mass is 257 g/mol. The predicted octanol–water partition coefficient (Wildman–Crippen LogP) is 2.55. The topological polar surface area (TPSA) is 39.1 Å². The first-order chi connectivity index (χ1) is 8.34. The summed E-state index contributed by atoms with van der Waals surface area (Å²) < 4.78 is 38.0. The maximum absolute atomic E-state index is 12.7. The highest BCUT2D eigenvalue weighted by molar-refractivity contribution is 5.53. The summed E-state index contributed by atoms with van der Waals surface area (Å²) in [5, 5.41) is 11.5. The van der Waals surface area contributed by atoms with E-state index < -0.39 is 11.7 Å². The molecule has 0 aromatic heterocycles. The fraction of sp³-hybridized carbons (Fsp3) is 0.417. The molecule has 18 heavy (non-hydrogen) atoms. The minimum absolute atomic E-state index is 0.361. The summed E-state index contributed by atoms with van der Waals surface area (Å²) in [5.74, 6) is 0. The Hall–Kier alpha value is -1.74. The molecular formula is C12H14F3N3. The van der Waals surface area contributed by atoms with Crippen LogP contribution in [0.4, 0.5) is 18.9 Å². The van der Waals surface area contributed by atoms with Gasteiger partial charge < -0.3 is 10.2 Å². The second-order valence-corrected chi connectivity index (χ2v) is 4.10. The van der Waals surface area contributed by atoms with Crippen LogP contribution in [0.5, 0.6) is 0 Å². The lowest BCUT2D eigenvalue weighted by Crippen LogP contribution is -2.21. The third kappa shape index (κ3) is 3.93. The van der Waals surface area contributed by atoms with Gasteiger partial charge in [0.2, 0.25) is 0 Å². The summed E-state index contributed by atoms with van der Waals surface area (Å²) in [7, 11) is 3.75. The zero-order chi connectivity index (χ0) is 13.8. The van der Waals surface area contributed by atoms with E-state index in [0.717, 1.165) is 6.07 Å². The molecule has 1 rings (SSSR count). The van der Waals surface area contributed by atoms with Crippen molar-refractivity contribution in [2.75, 3.05) is 32.5 Å². The second-order valence-electron chi connectivity index (χ2n) is 4.10. The lowest BCUT2D eigenvalue weighted by molar-refractivity contribution is -0.137. The largest absolute Gasteiger partial charge is 0.417 e. The second kappa shape index (κ2) is 5.74. The van der Waals surface area contributed by atoms with Crippen molar-refractivity contribution in [3.8, 4) is 6.07 Å². The van der Waals surface area contributed by atoms with Crippen molar-refractivity contribution in [2.24, 2.45) is 0 Å². The SMILES string of the molecule is CN(C)CCNc1ccc(C#N)c(C(F)(F)F)c1. The molecule has 0 atom stereocenters. The summed E-state index contributed by atoms with van der Waals surface area (Å²) in [5.41, 5.74) is -0.899. The van der Waals surface area contributed by atoms with Crippen molar-refractivity contribution in [2.45, 2.75) is 6.18 Å². The third-order valence-corrected chi connectivity index (χ3v) is 2.33. The predicted molar refractivity (Wildman–Crippen MR) is 63.2 cm³/mol. The molecule has 0 aliphatic carbocycles. The van der Waals surface area contributed by atoms with Crippen LogP contribution < -0.4 is 5.32 Å². The van der Waals surface area contributed by atoms with Gasteiger partial charge in [0.15, 0.2) is 0 Å². The van der Waals surface area contributed by atoms with Gasteiger partial charge in [0.05, 0.1) is 17.2 Å². The van der Waals surface area contributed by atoms with Crippen LogP contribution in [-0.2, 0) is 6.18 Å². The van der Waals surface area contributed by atoms with E-state index in [0.29, 0.717) is 18.8 Å². The molecule has 0 bridgehead atoms. The Kier molecular flexibility index (Phi) is 4.56. The fourth-order valence-electron chi connectivity index (χ4n) is 1.41. The number of rotatable bonds is 4. The van der Waals surface area contributed by atoms with E-state index in [1.165, 1.54) is 12.1 Å². The van der Waals surface area contributed by atoms with Crippen molar-refractivity contribution in [3.05, 3.63) is 29.3 Å². The molecule has 98 valence electrons. The molecule has 0 radical (unpaired) electrons. The van der Waals surface area contributed by atoms with Gasteiger partial charge >= 0.3 is 6.18 Å². The van der Waals surface area contributed by atoms with E-state index in [1.54, 1.807) is 6.07 Å². The summed E-state index contributed by atoms with van der Waals surface area (Å²) >= 11 is 0. The van der Waals surface area contributed by atoms with Gasteiger partial charge in [-0.15, -0.1) is 0 Å². The molecule has 1 aromatic rings. The molecule has 0 heterocycles. The van der Waals surface area contributed by atoms with Crippen LogP contribution >= 0.6 is 0 Å². The minimum Gasteiger partial charge on any atom is -0.384 e. The number of nitrogens with one attached hydrogen (secondary N) is 1. The molecule has 0 aliphatic rings. The Balaban J connectivity index is 2.88. The number of nitriles is 1. The molecule has 3 nitrogen and oxygen atoms in total. The van der Waals surface area contributed by atoms with Crippen LogP contribution in [0.3, 0.4) is 0 Å². The minimum atomic E-state index is -4.51. The number of benzene rings is 1. The van der Waals surface area contributed by atoms with Crippen molar-refractivity contribution in [1.29, 1.82) is 5.26 Å². The van der Waals surface area contributed by atoms with Gasteiger partial charge in [-0.3, -0.25) is 0 Å². The molecule has 0 saturated carbocycles. The van der Waals surface area contributed by atoms with Gasteiger partial charge in [-0.1, -0.05) is 0 Å². The van der Waals surface area contributed by atoms with Gasteiger partial charge in [0, 0.05) is 18.8 Å².